The number of carbonyl (C=O) groups excluding carboxylic acids is 1. The van der Waals surface area contributed by atoms with Crippen LogP contribution in [0.4, 0.5) is 0 Å². The molecule has 0 aliphatic carbocycles. The molecular weight excluding hydrogens is 164 g/mol. The summed E-state index contributed by atoms with van der Waals surface area (Å²) in [6.07, 6.45) is 5.34. The van der Waals surface area contributed by atoms with Gasteiger partial charge in [-0.05, 0) is 32.4 Å². The van der Waals surface area contributed by atoms with Crippen molar-refractivity contribution < 1.29 is 4.79 Å². The average molecular weight is 183 g/mol. The third-order valence-electron chi connectivity index (χ3n) is 2.44. The Kier molecular flexibility index (Phi) is 4.22. The van der Waals surface area contributed by atoms with Crippen LogP contribution >= 0.6 is 0 Å². The van der Waals surface area contributed by atoms with Crippen molar-refractivity contribution >= 4 is 5.91 Å². The number of hydrogen-bond donors (Lipinski definition) is 0. The zero-order chi connectivity index (χ0) is 9.68. The van der Waals surface area contributed by atoms with Gasteiger partial charge in [-0.3, -0.25) is 4.79 Å². The molecule has 0 aromatic heterocycles. The van der Waals surface area contributed by atoms with E-state index < -0.39 is 0 Å². The number of rotatable bonds is 3. The highest BCUT2D eigenvalue weighted by Gasteiger charge is 2.12. The zero-order valence-electron chi connectivity index (χ0n) is 8.62. The Balaban J connectivity index is 2.13. The van der Waals surface area contributed by atoms with Crippen LogP contribution < -0.4 is 0 Å². The minimum absolute atomic E-state index is 0.231. The highest BCUT2D eigenvalue weighted by molar-refractivity contribution is 5.75. The standard InChI is InChI=1S/C10H19N2O/c1-11(2)10(13)6-9-12-7-4-3-5-8-12/h3H,4-9H2,1-2H3. The van der Waals surface area contributed by atoms with Crippen molar-refractivity contribution in [3.8, 4) is 0 Å². The molecule has 3 nitrogen and oxygen atoms in total. The van der Waals surface area contributed by atoms with E-state index in [0.717, 1.165) is 19.6 Å². The number of nitrogens with zero attached hydrogens (tertiary/aromatic N) is 2. The molecule has 0 spiro atoms. The minimum Gasteiger partial charge on any atom is -0.349 e. The third-order valence-corrected chi connectivity index (χ3v) is 2.44. The van der Waals surface area contributed by atoms with Gasteiger partial charge in [0.25, 0.3) is 0 Å². The van der Waals surface area contributed by atoms with Crippen LogP contribution in [-0.2, 0) is 4.79 Å². The summed E-state index contributed by atoms with van der Waals surface area (Å²) in [5.74, 6) is 0.231. The number of amides is 1. The van der Waals surface area contributed by atoms with Crippen LogP contribution in [0.1, 0.15) is 19.3 Å². The second-order valence-electron chi connectivity index (χ2n) is 3.75. The first-order valence-electron chi connectivity index (χ1n) is 4.94. The molecule has 1 fully saturated rings. The van der Waals surface area contributed by atoms with E-state index in [0.29, 0.717) is 6.42 Å². The molecular formula is C10H19N2O. The Labute approximate surface area is 80.7 Å². The third kappa shape index (κ3) is 3.77. The van der Waals surface area contributed by atoms with Gasteiger partial charge in [-0.1, -0.05) is 0 Å². The molecule has 1 radical (unpaired) electrons. The largest absolute Gasteiger partial charge is 0.349 e. The summed E-state index contributed by atoms with van der Waals surface area (Å²) in [6, 6.07) is 0. The summed E-state index contributed by atoms with van der Waals surface area (Å²) in [5, 5.41) is 0. The first-order valence-corrected chi connectivity index (χ1v) is 4.94. The molecule has 1 amide bonds. The van der Waals surface area contributed by atoms with E-state index in [2.05, 4.69) is 11.3 Å². The Hall–Kier alpha value is -0.570. The van der Waals surface area contributed by atoms with Gasteiger partial charge in [0.05, 0.1) is 0 Å². The Morgan fingerprint density at radius 2 is 2.00 bits per heavy atom. The lowest BCUT2D eigenvalue weighted by atomic mass is 10.1. The van der Waals surface area contributed by atoms with Gasteiger partial charge < -0.3 is 9.80 Å². The van der Waals surface area contributed by atoms with Crippen molar-refractivity contribution in [3.63, 3.8) is 0 Å². The maximum Gasteiger partial charge on any atom is 0.223 e. The molecule has 0 atom stereocenters. The molecule has 1 rings (SSSR count). The molecule has 0 unspecified atom stereocenters. The first-order chi connectivity index (χ1) is 6.20. The number of piperidine rings is 1. The van der Waals surface area contributed by atoms with Gasteiger partial charge in [0.2, 0.25) is 5.91 Å². The Bertz CT molecular complexity index is 162. The van der Waals surface area contributed by atoms with Gasteiger partial charge >= 0.3 is 0 Å². The average Bonchev–Trinajstić information content (AvgIpc) is 2.15. The predicted molar refractivity (Wildman–Crippen MR) is 53.3 cm³/mol. The van der Waals surface area contributed by atoms with Crippen molar-refractivity contribution in [2.75, 3.05) is 33.7 Å². The summed E-state index contributed by atoms with van der Waals surface area (Å²) >= 11 is 0. The van der Waals surface area contributed by atoms with Crippen LogP contribution in [0.15, 0.2) is 0 Å². The van der Waals surface area contributed by atoms with Crippen molar-refractivity contribution in [3.05, 3.63) is 6.42 Å². The van der Waals surface area contributed by atoms with Crippen molar-refractivity contribution in [2.24, 2.45) is 0 Å². The molecule has 13 heavy (non-hydrogen) atoms. The van der Waals surface area contributed by atoms with Crippen LogP contribution in [-0.4, -0.2) is 49.4 Å². The van der Waals surface area contributed by atoms with E-state index in [-0.39, 0.29) is 5.91 Å². The second-order valence-corrected chi connectivity index (χ2v) is 3.75. The first kappa shape index (κ1) is 10.5. The van der Waals surface area contributed by atoms with Gasteiger partial charge in [-0.2, -0.15) is 0 Å². The Morgan fingerprint density at radius 3 is 2.54 bits per heavy atom. The number of hydrogen-bond acceptors (Lipinski definition) is 2. The topological polar surface area (TPSA) is 23.6 Å². The lowest BCUT2D eigenvalue weighted by molar-refractivity contribution is -0.129. The van der Waals surface area contributed by atoms with Crippen molar-refractivity contribution in [2.45, 2.75) is 19.3 Å². The summed E-state index contributed by atoms with van der Waals surface area (Å²) in [5.41, 5.74) is 0. The normalized spacial score (nSPS) is 18.6. The number of carbonyl (C=O) groups is 1. The van der Waals surface area contributed by atoms with Crippen LogP contribution in [0, 0.1) is 6.42 Å². The molecule has 0 saturated carbocycles. The van der Waals surface area contributed by atoms with Crippen LogP contribution in [0.25, 0.3) is 0 Å². The quantitative estimate of drug-likeness (QED) is 0.645. The predicted octanol–water partition coefficient (Wildman–Crippen LogP) is 0.765. The van der Waals surface area contributed by atoms with E-state index in [1.165, 1.54) is 12.8 Å². The van der Waals surface area contributed by atoms with E-state index >= 15 is 0 Å². The monoisotopic (exact) mass is 183 g/mol. The smallest absolute Gasteiger partial charge is 0.223 e. The Morgan fingerprint density at radius 1 is 1.38 bits per heavy atom. The molecule has 1 saturated heterocycles. The highest BCUT2D eigenvalue weighted by Crippen LogP contribution is 2.07. The summed E-state index contributed by atoms with van der Waals surface area (Å²) in [4.78, 5) is 15.3. The molecule has 1 aliphatic heterocycles. The summed E-state index contributed by atoms with van der Waals surface area (Å²) < 4.78 is 0. The maximum atomic E-state index is 11.3. The summed E-state index contributed by atoms with van der Waals surface area (Å²) in [6.45, 7) is 3.17. The van der Waals surface area contributed by atoms with Gasteiger partial charge in [-0.15, -0.1) is 0 Å². The van der Waals surface area contributed by atoms with E-state index in [1.807, 2.05) is 14.1 Å². The van der Waals surface area contributed by atoms with Crippen LogP contribution in [0.2, 0.25) is 0 Å². The van der Waals surface area contributed by atoms with E-state index in [1.54, 1.807) is 4.90 Å². The molecule has 0 aromatic carbocycles. The minimum atomic E-state index is 0.231. The van der Waals surface area contributed by atoms with Gasteiger partial charge in [0.15, 0.2) is 0 Å². The van der Waals surface area contributed by atoms with E-state index in [4.69, 9.17) is 0 Å². The molecule has 0 bridgehead atoms. The molecule has 0 aromatic rings. The molecule has 1 heterocycles. The molecule has 1 aliphatic rings. The van der Waals surface area contributed by atoms with Gasteiger partial charge in [0, 0.05) is 27.1 Å². The fourth-order valence-corrected chi connectivity index (χ4v) is 1.50. The highest BCUT2D eigenvalue weighted by atomic mass is 16.2. The SMILES string of the molecule is CN(C)C(=O)CCN1CC[CH]CC1. The lowest BCUT2D eigenvalue weighted by Gasteiger charge is -2.26. The van der Waals surface area contributed by atoms with Crippen molar-refractivity contribution in [1.29, 1.82) is 0 Å². The van der Waals surface area contributed by atoms with Gasteiger partial charge in [-0.25, -0.2) is 0 Å². The maximum absolute atomic E-state index is 11.3. The second kappa shape index (κ2) is 5.22. The summed E-state index contributed by atoms with van der Waals surface area (Å²) in [7, 11) is 3.62. The van der Waals surface area contributed by atoms with Gasteiger partial charge in [0.1, 0.15) is 0 Å². The lowest BCUT2D eigenvalue weighted by Crippen LogP contribution is -2.34. The zero-order valence-corrected chi connectivity index (χ0v) is 8.62. The molecule has 75 valence electrons. The molecule has 0 N–H and O–H groups in total. The number of likely N-dealkylation sites (tertiary alicyclic amines) is 1. The van der Waals surface area contributed by atoms with Crippen molar-refractivity contribution in [1.82, 2.24) is 9.80 Å². The van der Waals surface area contributed by atoms with E-state index in [9.17, 15) is 4.79 Å². The fourth-order valence-electron chi connectivity index (χ4n) is 1.50. The molecule has 3 heteroatoms. The fraction of sp³-hybridized carbons (Fsp3) is 0.800. The van der Waals surface area contributed by atoms with Crippen LogP contribution in [0.3, 0.4) is 0 Å². The van der Waals surface area contributed by atoms with Crippen LogP contribution in [0.5, 0.6) is 0 Å².